The van der Waals surface area contributed by atoms with Crippen LogP contribution in [0.25, 0.3) is 0 Å². The molecular weight excluding hydrogens is 444 g/mol. The van der Waals surface area contributed by atoms with Crippen molar-refractivity contribution < 1.29 is 43.8 Å². The van der Waals surface area contributed by atoms with Crippen molar-refractivity contribution in [3.63, 3.8) is 0 Å². The van der Waals surface area contributed by atoms with Crippen LogP contribution in [0.5, 0.6) is 0 Å². The Labute approximate surface area is 188 Å². The van der Waals surface area contributed by atoms with Crippen LogP contribution in [-0.2, 0) is 33.6 Å². The van der Waals surface area contributed by atoms with Crippen LogP contribution >= 0.6 is 0 Å². The molecule has 0 radical (unpaired) electrons. The number of hydrogen-bond acceptors (Lipinski definition) is 8. The molecule has 0 bridgehead atoms. The fourth-order valence-corrected chi connectivity index (χ4v) is 2.46. The second-order valence-corrected chi connectivity index (χ2v) is 7.56. The summed E-state index contributed by atoms with van der Waals surface area (Å²) >= 11 is 0. The summed E-state index contributed by atoms with van der Waals surface area (Å²) in [5.41, 5.74) is 15.7. The number of carboxylic acids is 2. The smallest absolute Gasteiger partial charge is 0.326 e. The maximum Gasteiger partial charge on any atom is 0.326 e. The molecule has 0 aliphatic carbocycles. The molecule has 15 nitrogen and oxygen atoms in total. The first-order valence-electron chi connectivity index (χ1n) is 9.83. The zero-order valence-corrected chi connectivity index (χ0v) is 18.2. The minimum Gasteiger partial charge on any atom is -0.481 e. The molecule has 0 aromatic rings. The van der Waals surface area contributed by atoms with Crippen LogP contribution in [0.4, 0.5) is 0 Å². The number of primary amides is 2. The van der Waals surface area contributed by atoms with Crippen LogP contribution in [0.1, 0.15) is 39.5 Å². The molecule has 0 spiro atoms. The molecule has 186 valence electrons. The van der Waals surface area contributed by atoms with E-state index in [0.29, 0.717) is 0 Å². The minimum atomic E-state index is -1.78. The lowest BCUT2D eigenvalue weighted by atomic mass is 10.0. The van der Waals surface area contributed by atoms with Crippen molar-refractivity contribution in [1.82, 2.24) is 16.0 Å². The quantitative estimate of drug-likeness (QED) is 0.114. The van der Waals surface area contributed by atoms with Gasteiger partial charge >= 0.3 is 11.9 Å². The maximum atomic E-state index is 12.7. The molecule has 15 heteroatoms. The van der Waals surface area contributed by atoms with E-state index >= 15 is 0 Å². The molecule has 0 aromatic heterocycles. The lowest BCUT2D eigenvalue weighted by Gasteiger charge is -2.25. The highest BCUT2D eigenvalue weighted by atomic mass is 16.4. The van der Waals surface area contributed by atoms with E-state index in [1.54, 1.807) is 13.8 Å². The molecule has 0 heterocycles. The van der Waals surface area contributed by atoms with Crippen molar-refractivity contribution in [1.29, 1.82) is 0 Å². The molecule has 0 saturated carbocycles. The number of carboxylic acid groups (broad SMARTS) is 2. The van der Waals surface area contributed by atoms with Crippen molar-refractivity contribution >= 4 is 41.5 Å². The number of amides is 5. The van der Waals surface area contributed by atoms with E-state index in [2.05, 4.69) is 10.6 Å². The summed E-state index contributed by atoms with van der Waals surface area (Å²) in [5.74, 6) is -8.26. The van der Waals surface area contributed by atoms with E-state index in [1.807, 2.05) is 5.32 Å². The average Bonchev–Trinajstić information content (AvgIpc) is 2.67. The third-order valence-corrected chi connectivity index (χ3v) is 4.36. The molecule has 0 aromatic carbocycles. The Morgan fingerprint density at radius 1 is 0.727 bits per heavy atom. The van der Waals surface area contributed by atoms with Gasteiger partial charge in [-0.15, -0.1) is 0 Å². The zero-order chi connectivity index (χ0) is 25.9. The van der Waals surface area contributed by atoms with Gasteiger partial charge in [0.15, 0.2) is 0 Å². The van der Waals surface area contributed by atoms with Crippen LogP contribution in [0.2, 0.25) is 0 Å². The second kappa shape index (κ2) is 13.6. The van der Waals surface area contributed by atoms with Gasteiger partial charge in [-0.05, 0) is 12.3 Å². The highest BCUT2D eigenvalue weighted by Gasteiger charge is 2.32. The molecule has 0 aliphatic rings. The fraction of sp³-hybridized carbons (Fsp3) is 0.611. The Morgan fingerprint density at radius 3 is 1.64 bits per heavy atom. The minimum absolute atomic E-state index is 0.279. The standard InChI is InChI=1S/C18H30N6O9/c1-7(2)14(21)17(31)22-8(3-4-11(19)25)15(29)23-9(6-13(27)28)16(30)24-10(18(32)33)5-12(20)26/h7-10,14H,3-6,21H2,1-2H3,(H2,19,25)(H2,20,26)(H,22,31)(H,23,29)(H,24,30)(H,27,28)(H,32,33). The van der Waals surface area contributed by atoms with E-state index in [9.17, 15) is 33.6 Å². The van der Waals surface area contributed by atoms with Crippen LogP contribution in [0.15, 0.2) is 0 Å². The summed E-state index contributed by atoms with van der Waals surface area (Å²) in [6, 6.07) is -5.95. The Bertz CT molecular complexity index is 785. The van der Waals surface area contributed by atoms with E-state index in [0.717, 1.165) is 0 Å². The van der Waals surface area contributed by atoms with Gasteiger partial charge in [-0.1, -0.05) is 13.8 Å². The van der Waals surface area contributed by atoms with E-state index in [4.69, 9.17) is 27.4 Å². The van der Waals surface area contributed by atoms with Crippen LogP contribution in [0, 0.1) is 5.92 Å². The number of rotatable bonds is 15. The lowest BCUT2D eigenvalue weighted by Crippen LogP contribution is -2.58. The number of carbonyl (C=O) groups excluding carboxylic acids is 5. The normalized spacial score (nSPS) is 14.3. The van der Waals surface area contributed by atoms with Crippen molar-refractivity contribution in [2.24, 2.45) is 23.1 Å². The van der Waals surface area contributed by atoms with Gasteiger partial charge in [-0.25, -0.2) is 4.79 Å². The SMILES string of the molecule is CC(C)C(N)C(=O)NC(CCC(N)=O)C(=O)NC(CC(=O)O)C(=O)NC(CC(N)=O)C(=O)O. The van der Waals surface area contributed by atoms with Crippen LogP contribution in [0.3, 0.4) is 0 Å². The van der Waals surface area contributed by atoms with Gasteiger partial charge in [0.25, 0.3) is 0 Å². The molecule has 4 atom stereocenters. The number of nitrogens with two attached hydrogens (primary N) is 3. The Hall–Kier alpha value is -3.75. The molecule has 0 aliphatic heterocycles. The van der Waals surface area contributed by atoms with Crippen LogP contribution < -0.4 is 33.2 Å². The molecule has 33 heavy (non-hydrogen) atoms. The summed E-state index contributed by atoms with van der Waals surface area (Å²) in [6.45, 7) is 3.31. The van der Waals surface area contributed by atoms with Gasteiger partial charge < -0.3 is 43.4 Å². The monoisotopic (exact) mass is 474 g/mol. The molecule has 4 unspecified atom stereocenters. The molecule has 0 saturated heterocycles. The molecule has 0 fully saturated rings. The predicted molar refractivity (Wildman–Crippen MR) is 111 cm³/mol. The van der Waals surface area contributed by atoms with E-state index < -0.39 is 78.5 Å². The fourth-order valence-electron chi connectivity index (χ4n) is 2.46. The van der Waals surface area contributed by atoms with Gasteiger partial charge in [0.2, 0.25) is 29.5 Å². The highest BCUT2D eigenvalue weighted by molar-refractivity contribution is 5.96. The van der Waals surface area contributed by atoms with Gasteiger partial charge in [-0.3, -0.25) is 28.8 Å². The van der Waals surface area contributed by atoms with Crippen molar-refractivity contribution in [2.75, 3.05) is 0 Å². The molecule has 0 rings (SSSR count). The largest absolute Gasteiger partial charge is 0.481 e. The van der Waals surface area contributed by atoms with E-state index in [1.165, 1.54) is 0 Å². The number of carbonyl (C=O) groups is 7. The first kappa shape index (κ1) is 29.2. The first-order valence-corrected chi connectivity index (χ1v) is 9.83. The number of hydrogen-bond donors (Lipinski definition) is 8. The first-order chi connectivity index (χ1) is 15.1. The Morgan fingerprint density at radius 2 is 1.21 bits per heavy atom. The molecular formula is C18H30N6O9. The van der Waals surface area contributed by atoms with Gasteiger partial charge in [0.1, 0.15) is 18.1 Å². The summed E-state index contributed by atoms with van der Waals surface area (Å²) in [4.78, 5) is 81.9. The topological polar surface area (TPSA) is 274 Å². The van der Waals surface area contributed by atoms with Crippen molar-refractivity contribution in [2.45, 2.75) is 63.7 Å². The maximum absolute atomic E-state index is 12.7. The Balaban J connectivity index is 5.61. The summed E-state index contributed by atoms with van der Waals surface area (Å²) < 4.78 is 0. The zero-order valence-electron chi connectivity index (χ0n) is 18.2. The van der Waals surface area contributed by atoms with Crippen LogP contribution in [-0.4, -0.2) is 75.9 Å². The third-order valence-electron chi connectivity index (χ3n) is 4.36. The lowest BCUT2D eigenvalue weighted by molar-refractivity contribution is -0.144. The van der Waals surface area contributed by atoms with Crippen molar-refractivity contribution in [3.8, 4) is 0 Å². The van der Waals surface area contributed by atoms with Gasteiger partial charge in [-0.2, -0.15) is 0 Å². The third kappa shape index (κ3) is 11.4. The van der Waals surface area contributed by atoms with E-state index in [-0.39, 0.29) is 18.8 Å². The molecule has 11 N–H and O–H groups in total. The van der Waals surface area contributed by atoms with Crippen molar-refractivity contribution in [3.05, 3.63) is 0 Å². The average molecular weight is 474 g/mol. The summed E-state index contributed by atoms with van der Waals surface area (Å²) in [7, 11) is 0. The summed E-state index contributed by atoms with van der Waals surface area (Å²) in [6.07, 6.45) is -2.34. The highest BCUT2D eigenvalue weighted by Crippen LogP contribution is 2.05. The number of aliphatic carboxylic acids is 2. The summed E-state index contributed by atoms with van der Waals surface area (Å²) in [5, 5.41) is 24.5. The second-order valence-electron chi connectivity index (χ2n) is 7.56. The predicted octanol–water partition coefficient (Wildman–Crippen LogP) is -3.88. The molecule has 5 amide bonds. The van der Waals surface area contributed by atoms with Gasteiger partial charge in [0, 0.05) is 6.42 Å². The Kier molecular flexibility index (Phi) is 12.1. The number of nitrogens with one attached hydrogen (secondary N) is 3. The van der Waals surface area contributed by atoms with Gasteiger partial charge in [0.05, 0.1) is 18.9 Å².